The Hall–Kier alpha value is -4.43. The molecule has 4 aromatic rings. The molecule has 0 unspecified atom stereocenters. The topological polar surface area (TPSA) is 130 Å². The fourth-order valence-corrected chi connectivity index (χ4v) is 4.42. The summed E-state index contributed by atoms with van der Waals surface area (Å²) in [5.74, 6) is -2.39. The smallest absolute Gasteiger partial charge is 0.258 e. The van der Waals surface area contributed by atoms with Gasteiger partial charge < -0.3 is 10.6 Å². The highest BCUT2D eigenvalue weighted by Gasteiger charge is 2.25. The first-order chi connectivity index (χ1) is 16.6. The quantitative estimate of drug-likeness (QED) is 0.449. The minimum Gasteiger partial charge on any atom is -0.381 e. The van der Waals surface area contributed by atoms with E-state index in [1.807, 2.05) is 6.07 Å². The van der Waals surface area contributed by atoms with Gasteiger partial charge in [0.05, 0.1) is 22.6 Å². The molecule has 2 heterocycles. The Bertz CT molecular complexity index is 1630. The van der Waals surface area contributed by atoms with Gasteiger partial charge in [0.25, 0.3) is 5.91 Å². The molecule has 2 N–H and O–H groups in total. The van der Waals surface area contributed by atoms with E-state index in [-0.39, 0.29) is 34.2 Å². The van der Waals surface area contributed by atoms with Gasteiger partial charge in [0, 0.05) is 23.4 Å². The van der Waals surface area contributed by atoms with Crippen LogP contribution in [0, 0.1) is 23.0 Å². The van der Waals surface area contributed by atoms with Crippen molar-refractivity contribution in [2.24, 2.45) is 0 Å². The van der Waals surface area contributed by atoms with Crippen molar-refractivity contribution in [1.82, 2.24) is 9.97 Å². The number of halogens is 2. The van der Waals surface area contributed by atoms with Crippen LogP contribution in [-0.4, -0.2) is 30.5 Å². The van der Waals surface area contributed by atoms with Gasteiger partial charge in [-0.25, -0.2) is 27.2 Å². The number of nitrogens with zero attached hydrogens (tertiary/aromatic N) is 4. The number of pyridine rings is 2. The van der Waals surface area contributed by atoms with Crippen molar-refractivity contribution in [1.29, 1.82) is 5.26 Å². The van der Waals surface area contributed by atoms with Crippen LogP contribution in [0.4, 0.5) is 20.3 Å². The fourth-order valence-electron chi connectivity index (χ4n) is 3.54. The van der Waals surface area contributed by atoms with E-state index in [0.29, 0.717) is 16.5 Å². The summed E-state index contributed by atoms with van der Waals surface area (Å²) >= 11 is 0. The average Bonchev–Trinajstić information content (AvgIpc) is 2.82. The average molecular weight is 493 g/mol. The van der Waals surface area contributed by atoms with Crippen LogP contribution in [0.3, 0.4) is 0 Å². The van der Waals surface area contributed by atoms with Gasteiger partial charge in [-0.1, -0.05) is 12.1 Å². The monoisotopic (exact) mass is 493 g/mol. The molecule has 0 bridgehead atoms. The van der Waals surface area contributed by atoms with Gasteiger partial charge in [0.1, 0.15) is 17.6 Å². The van der Waals surface area contributed by atoms with Crippen molar-refractivity contribution in [2.45, 2.75) is 11.4 Å². The van der Waals surface area contributed by atoms with E-state index in [9.17, 15) is 22.0 Å². The Morgan fingerprint density at radius 2 is 1.89 bits per heavy atom. The number of rotatable bonds is 5. The zero-order valence-corrected chi connectivity index (χ0v) is 19.1. The Kier molecular flexibility index (Phi) is 6.15. The third kappa shape index (κ3) is 4.92. The molecule has 0 radical (unpaired) electrons. The number of sulfone groups is 1. The highest BCUT2D eigenvalue weighted by molar-refractivity contribution is 7.90. The largest absolute Gasteiger partial charge is 0.381 e. The van der Waals surface area contributed by atoms with E-state index in [4.69, 9.17) is 11.0 Å². The first-order valence-corrected chi connectivity index (χ1v) is 12.0. The normalized spacial score (nSPS) is 11.3. The molecular formula is C24H17F2N5O3S. The van der Waals surface area contributed by atoms with Crippen molar-refractivity contribution in [3.63, 3.8) is 0 Å². The Labute approximate surface area is 199 Å². The van der Waals surface area contributed by atoms with Gasteiger partial charge in [-0.2, -0.15) is 5.26 Å². The molecule has 2 aromatic heterocycles. The first-order valence-electron chi connectivity index (χ1n) is 10.1. The first kappa shape index (κ1) is 23.7. The standard InChI is InChI=1S/C24H17F2N5O3S/c1-35(33,34)22-11-17(25)4-5-21(22)31(24(32)16-6-7-29-18(9-16)12-27)13-14-2-3-15-10-19(26)23(28)30-20(15)8-14/h2-11H,13H2,1H3,(H2,28,30). The number of carbonyl (C=O) groups is 1. The molecular weight excluding hydrogens is 476 g/mol. The van der Waals surface area contributed by atoms with Crippen LogP contribution in [-0.2, 0) is 16.4 Å². The second kappa shape index (κ2) is 9.08. The predicted molar refractivity (Wildman–Crippen MR) is 125 cm³/mol. The van der Waals surface area contributed by atoms with Crippen LogP contribution in [0.2, 0.25) is 0 Å². The lowest BCUT2D eigenvalue weighted by atomic mass is 10.1. The molecule has 0 saturated carbocycles. The molecule has 176 valence electrons. The maximum Gasteiger partial charge on any atom is 0.258 e. The second-order valence-corrected chi connectivity index (χ2v) is 9.68. The lowest BCUT2D eigenvalue weighted by Gasteiger charge is -2.25. The number of nitrogens with two attached hydrogens (primary N) is 1. The maximum absolute atomic E-state index is 14.0. The minimum absolute atomic E-state index is 0.00866. The summed E-state index contributed by atoms with van der Waals surface area (Å²) in [6, 6.07) is 13.6. The highest BCUT2D eigenvalue weighted by Crippen LogP contribution is 2.30. The number of anilines is 2. The maximum atomic E-state index is 14.0. The lowest BCUT2D eigenvalue weighted by molar-refractivity contribution is 0.0984. The number of nitriles is 1. The number of hydrogen-bond acceptors (Lipinski definition) is 7. The molecule has 0 fully saturated rings. The van der Waals surface area contributed by atoms with Crippen molar-refractivity contribution in [3.05, 3.63) is 89.2 Å². The molecule has 2 aromatic carbocycles. The zero-order valence-electron chi connectivity index (χ0n) is 18.2. The van der Waals surface area contributed by atoms with Gasteiger partial charge in [0.15, 0.2) is 21.5 Å². The van der Waals surface area contributed by atoms with Crippen molar-refractivity contribution < 1.29 is 22.0 Å². The number of carbonyl (C=O) groups excluding carboxylic acids is 1. The minimum atomic E-state index is -3.94. The summed E-state index contributed by atoms with van der Waals surface area (Å²) in [5.41, 5.74) is 6.47. The molecule has 0 spiro atoms. The SMILES string of the molecule is CS(=O)(=O)c1cc(F)ccc1N(Cc1ccc2cc(F)c(N)nc2c1)C(=O)c1ccnc(C#N)c1. The number of fused-ring (bicyclic) bond motifs is 1. The molecule has 1 amide bonds. The second-order valence-electron chi connectivity index (χ2n) is 7.70. The van der Waals surface area contributed by atoms with Crippen LogP contribution in [0.5, 0.6) is 0 Å². The molecule has 35 heavy (non-hydrogen) atoms. The van der Waals surface area contributed by atoms with Crippen molar-refractivity contribution >= 4 is 38.2 Å². The summed E-state index contributed by atoms with van der Waals surface area (Å²) in [7, 11) is -3.94. The number of nitrogen functional groups attached to an aromatic ring is 1. The molecule has 0 aliphatic carbocycles. The Morgan fingerprint density at radius 3 is 2.60 bits per heavy atom. The number of amides is 1. The number of benzene rings is 2. The van der Waals surface area contributed by atoms with E-state index in [1.54, 1.807) is 18.2 Å². The lowest BCUT2D eigenvalue weighted by Crippen LogP contribution is -2.32. The summed E-state index contributed by atoms with van der Waals surface area (Å²) < 4.78 is 52.6. The highest BCUT2D eigenvalue weighted by atomic mass is 32.2. The summed E-state index contributed by atoms with van der Waals surface area (Å²) in [6.07, 6.45) is 2.19. The van der Waals surface area contributed by atoms with E-state index in [1.165, 1.54) is 30.5 Å². The van der Waals surface area contributed by atoms with Crippen LogP contribution < -0.4 is 10.6 Å². The summed E-state index contributed by atoms with van der Waals surface area (Å²) in [6.45, 7) is -0.147. The molecule has 0 aliphatic heterocycles. The third-order valence-corrected chi connectivity index (χ3v) is 6.31. The Balaban J connectivity index is 1.87. The van der Waals surface area contributed by atoms with E-state index in [2.05, 4.69) is 9.97 Å². The number of hydrogen-bond donors (Lipinski definition) is 1. The van der Waals surface area contributed by atoms with Gasteiger partial charge in [-0.3, -0.25) is 4.79 Å². The molecule has 4 rings (SSSR count). The van der Waals surface area contributed by atoms with Gasteiger partial charge in [0.2, 0.25) is 0 Å². The number of aromatic nitrogens is 2. The molecule has 8 nitrogen and oxygen atoms in total. The van der Waals surface area contributed by atoms with E-state index in [0.717, 1.165) is 23.3 Å². The van der Waals surface area contributed by atoms with Crippen molar-refractivity contribution in [2.75, 3.05) is 16.9 Å². The molecule has 11 heteroatoms. The van der Waals surface area contributed by atoms with Crippen LogP contribution in [0.1, 0.15) is 21.6 Å². The predicted octanol–water partition coefficient (Wildman–Crippen LogP) is 3.61. The zero-order chi connectivity index (χ0) is 25.3. The molecule has 0 saturated heterocycles. The van der Waals surface area contributed by atoms with Crippen LogP contribution in [0.25, 0.3) is 10.9 Å². The fraction of sp³-hybridized carbons (Fsp3) is 0.0833. The van der Waals surface area contributed by atoms with Gasteiger partial charge in [-0.05, 0) is 48.0 Å². The van der Waals surface area contributed by atoms with Crippen LogP contribution >= 0.6 is 0 Å². The van der Waals surface area contributed by atoms with Gasteiger partial charge >= 0.3 is 0 Å². The third-order valence-electron chi connectivity index (χ3n) is 5.18. The molecule has 0 atom stereocenters. The molecule has 0 aliphatic rings. The summed E-state index contributed by atoms with van der Waals surface area (Å²) in [4.78, 5) is 22.2. The van der Waals surface area contributed by atoms with E-state index < -0.39 is 27.4 Å². The van der Waals surface area contributed by atoms with Gasteiger partial charge in [-0.15, -0.1) is 0 Å². The van der Waals surface area contributed by atoms with Crippen molar-refractivity contribution in [3.8, 4) is 6.07 Å². The van der Waals surface area contributed by atoms with Crippen LogP contribution in [0.15, 0.2) is 65.7 Å². The Morgan fingerprint density at radius 1 is 1.11 bits per heavy atom. The summed E-state index contributed by atoms with van der Waals surface area (Å²) in [5, 5.41) is 9.63. The van der Waals surface area contributed by atoms with E-state index >= 15 is 0 Å².